The predicted molar refractivity (Wildman–Crippen MR) is 125 cm³/mol. The van der Waals surface area contributed by atoms with E-state index in [2.05, 4.69) is 22.4 Å². The van der Waals surface area contributed by atoms with E-state index in [-0.39, 0.29) is 48.5 Å². The van der Waals surface area contributed by atoms with Gasteiger partial charge in [-0.1, -0.05) is 30.3 Å². The Bertz CT molecular complexity index is 705. The average Bonchev–Trinajstić information content (AvgIpc) is 2.61. The minimum absolute atomic E-state index is 0. The first-order valence-corrected chi connectivity index (χ1v) is 11.1. The largest absolute Gasteiger partial charge is 0.373 e. The number of morpholine rings is 1. The van der Waals surface area contributed by atoms with Gasteiger partial charge in [0.2, 0.25) is 10.0 Å². The molecule has 2 rings (SSSR count). The summed E-state index contributed by atoms with van der Waals surface area (Å²) in [7, 11) is -1.39. The van der Waals surface area contributed by atoms with Crippen LogP contribution >= 0.6 is 24.0 Å². The fourth-order valence-corrected chi connectivity index (χ4v) is 4.61. The lowest BCUT2D eigenvalue weighted by atomic mass is 10.2. The molecule has 1 aromatic carbocycles. The van der Waals surface area contributed by atoms with Crippen LogP contribution in [0.25, 0.3) is 0 Å². The number of nitrogens with one attached hydrogen (secondary N) is 1. The Morgan fingerprint density at radius 1 is 1.25 bits per heavy atom. The number of sulfonamides is 1. The zero-order valence-electron chi connectivity index (χ0n) is 17.2. The molecule has 0 saturated carbocycles. The summed E-state index contributed by atoms with van der Waals surface area (Å²) in [5.74, 6) is 0.709. The van der Waals surface area contributed by atoms with Crippen molar-refractivity contribution in [3.05, 3.63) is 35.9 Å². The van der Waals surface area contributed by atoms with Gasteiger partial charge in [0.15, 0.2) is 5.96 Å². The maximum atomic E-state index is 12.6. The highest BCUT2D eigenvalue weighted by atomic mass is 127. The summed E-state index contributed by atoms with van der Waals surface area (Å²) in [4.78, 5) is 6.53. The zero-order chi connectivity index (χ0) is 19.9. The molecule has 1 aromatic rings. The maximum absolute atomic E-state index is 12.6. The molecule has 0 bridgehead atoms. The zero-order valence-corrected chi connectivity index (χ0v) is 20.3. The van der Waals surface area contributed by atoms with Gasteiger partial charge in [0.25, 0.3) is 0 Å². The molecule has 2 atom stereocenters. The van der Waals surface area contributed by atoms with Crippen molar-refractivity contribution in [1.29, 1.82) is 0 Å². The minimum atomic E-state index is -3.34. The topological polar surface area (TPSA) is 74.2 Å². The summed E-state index contributed by atoms with van der Waals surface area (Å²) in [6.07, 6.45) is -0.164. The smallest absolute Gasteiger partial charge is 0.216 e. The maximum Gasteiger partial charge on any atom is 0.216 e. The highest BCUT2D eigenvalue weighted by molar-refractivity contribution is 14.0. The third-order valence-electron chi connectivity index (χ3n) is 4.35. The van der Waals surface area contributed by atoms with Crippen LogP contribution in [0.15, 0.2) is 35.3 Å². The number of halogens is 1. The van der Waals surface area contributed by atoms with E-state index >= 15 is 0 Å². The molecular formula is C19H33IN4O3S. The Kier molecular flexibility index (Phi) is 10.7. The molecule has 0 aromatic heterocycles. The molecular weight excluding hydrogens is 491 g/mol. The number of hydrogen-bond donors (Lipinski definition) is 1. The first kappa shape index (κ1) is 25.1. The Labute approximate surface area is 186 Å². The van der Waals surface area contributed by atoms with Crippen molar-refractivity contribution in [3.8, 4) is 0 Å². The van der Waals surface area contributed by atoms with Crippen LogP contribution in [0.5, 0.6) is 0 Å². The molecule has 2 unspecified atom stereocenters. The number of ether oxygens (including phenoxy) is 1. The third-order valence-corrected chi connectivity index (χ3v) is 6.13. The van der Waals surface area contributed by atoms with Gasteiger partial charge < -0.3 is 15.0 Å². The second kappa shape index (κ2) is 11.9. The molecule has 9 heteroatoms. The van der Waals surface area contributed by atoms with Crippen LogP contribution in [0.3, 0.4) is 0 Å². The summed E-state index contributed by atoms with van der Waals surface area (Å²) >= 11 is 0. The van der Waals surface area contributed by atoms with Gasteiger partial charge in [-0.25, -0.2) is 8.42 Å². The lowest BCUT2D eigenvalue weighted by Gasteiger charge is -2.34. The van der Waals surface area contributed by atoms with Crippen molar-refractivity contribution < 1.29 is 13.2 Å². The molecule has 28 heavy (non-hydrogen) atoms. The monoisotopic (exact) mass is 524 g/mol. The van der Waals surface area contributed by atoms with Crippen molar-refractivity contribution in [2.75, 3.05) is 39.0 Å². The van der Waals surface area contributed by atoms with Crippen molar-refractivity contribution in [2.45, 2.75) is 39.5 Å². The molecule has 1 N–H and O–H groups in total. The van der Waals surface area contributed by atoms with E-state index in [9.17, 15) is 8.42 Å². The second-order valence-electron chi connectivity index (χ2n) is 6.97. The van der Waals surface area contributed by atoms with Crippen molar-refractivity contribution in [1.82, 2.24) is 14.5 Å². The fourth-order valence-electron chi connectivity index (χ4n) is 3.16. The van der Waals surface area contributed by atoms with Crippen molar-refractivity contribution >= 4 is 40.0 Å². The van der Waals surface area contributed by atoms with Gasteiger partial charge in [-0.3, -0.25) is 4.99 Å². The highest BCUT2D eigenvalue weighted by Crippen LogP contribution is 2.14. The van der Waals surface area contributed by atoms with Crippen LogP contribution in [0, 0.1) is 0 Å². The van der Waals surface area contributed by atoms with E-state index < -0.39 is 10.0 Å². The highest BCUT2D eigenvalue weighted by Gasteiger charge is 2.30. The standard InChI is InChI=1S/C19H32N4O3S.HI/c1-5-20-19(22(4)15-18-9-7-6-8-10-18)21-11-12-27(24,25)23-13-16(2)26-17(3)14-23;/h6-10,16-17H,5,11-15H2,1-4H3,(H,20,21);1H. The summed E-state index contributed by atoms with van der Waals surface area (Å²) in [5, 5.41) is 3.23. The lowest BCUT2D eigenvalue weighted by Crippen LogP contribution is -2.49. The summed E-state index contributed by atoms with van der Waals surface area (Å²) < 4.78 is 32.4. The van der Waals surface area contributed by atoms with Crippen LogP contribution in [-0.2, 0) is 21.3 Å². The number of guanidine groups is 1. The molecule has 7 nitrogen and oxygen atoms in total. The van der Waals surface area contributed by atoms with Gasteiger partial charge in [0.1, 0.15) is 0 Å². The van der Waals surface area contributed by atoms with E-state index in [1.54, 1.807) is 0 Å². The van der Waals surface area contributed by atoms with Crippen LogP contribution in [0.4, 0.5) is 0 Å². The van der Waals surface area contributed by atoms with E-state index in [0.717, 1.165) is 6.54 Å². The minimum Gasteiger partial charge on any atom is -0.373 e. The molecule has 1 fully saturated rings. The summed E-state index contributed by atoms with van der Waals surface area (Å²) in [5.41, 5.74) is 1.18. The number of aliphatic imine (C=N–C) groups is 1. The first-order valence-electron chi connectivity index (χ1n) is 9.48. The number of benzene rings is 1. The van der Waals surface area contributed by atoms with E-state index in [1.165, 1.54) is 9.87 Å². The predicted octanol–water partition coefficient (Wildman–Crippen LogP) is 2.14. The first-order chi connectivity index (χ1) is 12.8. The molecule has 1 heterocycles. The van der Waals surface area contributed by atoms with E-state index in [0.29, 0.717) is 25.6 Å². The number of nitrogens with zero attached hydrogens (tertiary/aromatic N) is 3. The van der Waals surface area contributed by atoms with Gasteiger partial charge in [-0.05, 0) is 26.3 Å². The quantitative estimate of drug-likeness (QED) is 0.336. The molecule has 0 radical (unpaired) electrons. The van der Waals surface area contributed by atoms with Crippen LogP contribution in [-0.4, -0.2) is 74.8 Å². The molecule has 0 spiro atoms. The average molecular weight is 524 g/mol. The van der Waals surface area contributed by atoms with Gasteiger partial charge in [-0.2, -0.15) is 4.31 Å². The van der Waals surface area contributed by atoms with Crippen LogP contribution in [0.2, 0.25) is 0 Å². The summed E-state index contributed by atoms with van der Waals surface area (Å²) in [6.45, 7) is 8.27. The van der Waals surface area contributed by atoms with E-state index in [4.69, 9.17) is 4.74 Å². The number of rotatable bonds is 7. The van der Waals surface area contributed by atoms with Gasteiger partial charge in [0.05, 0.1) is 24.5 Å². The molecule has 0 amide bonds. The molecule has 1 saturated heterocycles. The van der Waals surface area contributed by atoms with Gasteiger partial charge in [-0.15, -0.1) is 24.0 Å². The third kappa shape index (κ3) is 7.84. The molecule has 1 aliphatic rings. The number of hydrogen-bond acceptors (Lipinski definition) is 4. The van der Waals surface area contributed by atoms with Crippen LogP contribution < -0.4 is 5.32 Å². The SMILES string of the molecule is CCNC(=NCCS(=O)(=O)N1CC(C)OC(C)C1)N(C)Cc1ccccc1.I. The van der Waals surface area contributed by atoms with E-state index in [1.807, 2.05) is 50.9 Å². The van der Waals surface area contributed by atoms with Crippen molar-refractivity contribution in [3.63, 3.8) is 0 Å². The Balaban J connectivity index is 0.00000392. The Hall–Kier alpha value is -0.910. The molecule has 1 aliphatic heterocycles. The Morgan fingerprint density at radius 2 is 1.86 bits per heavy atom. The Morgan fingerprint density at radius 3 is 2.43 bits per heavy atom. The lowest BCUT2D eigenvalue weighted by molar-refractivity contribution is -0.0440. The fraction of sp³-hybridized carbons (Fsp3) is 0.632. The van der Waals surface area contributed by atoms with Crippen LogP contribution in [0.1, 0.15) is 26.3 Å². The second-order valence-corrected chi connectivity index (χ2v) is 9.06. The summed E-state index contributed by atoms with van der Waals surface area (Å²) in [6, 6.07) is 10.1. The normalized spacial score (nSPS) is 21.1. The van der Waals surface area contributed by atoms with Crippen molar-refractivity contribution in [2.24, 2.45) is 4.99 Å². The molecule has 160 valence electrons. The van der Waals surface area contributed by atoms with Gasteiger partial charge >= 0.3 is 0 Å². The molecule has 0 aliphatic carbocycles. The van der Waals surface area contributed by atoms with Gasteiger partial charge in [0, 0.05) is 33.2 Å².